The quantitative estimate of drug-likeness (QED) is 0.689. The Morgan fingerprint density at radius 3 is 2.88 bits per heavy atom. The number of sulfone groups is 1. The van der Waals surface area contributed by atoms with Gasteiger partial charge in [0, 0.05) is 25.8 Å². The van der Waals surface area contributed by atoms with Crippen molar-refractivity contribution in [2.24, 2.45) is 7.05 Å². The van der Waals surface area contributed by atoms with E-state index in [1.807, 2.05) is 19.3 Å². The van der Waals surface area contributed by atoms with E-state index in [2.05, 4.69) is 10.4 Å². The maximum atomic E-state index is 11.2. The molecule has 1 fully saturated rings. The summed E-state index contributed by atoms with van der Waals surface area (Å²) in [7, 11) is -1.26. The van der Waals surface area contributed by atoms with Gasteiger partial charge in [-0.3, -0.25) is 4.68 Å². The molecule has 2 heterocycles. The summed E-state index contributed by atoms with van der Waals surface area (Å²) in [5.41, 5.74) is 0.832. The van der Waals surface area contributed by atoms with Crippen LogP contribution in [0.15, 0.2) is 12.3 Å². The molecule has 1 aliphatic rings. The second-order valence-corrected chi connectivity index (χ2v) is 6.27. The minimum Gasteiger partial charge on any atom is -0.390 e. The fraction of sp³-hybridized carbons (Fsp3) is 0.667. The first-order valence-electron chi connectivity index (χ1n) is 5.07. The molecular weight excluding hydrogens is 230 g/mol. The van der Waals surface area contributed by atoms with Gasteiger partial charge >= 0.3 is 0 Å². The van der Waals surface area contributed by atoms with Gasteiger partial charge < -0.3 is 10.4 Å². The third-order valence-corrected chi connectivity index (χ3v) is 4.35. The summed E-state index contributed by atoms with van der Waals surface area (Å²) >= 11 is 0. The molecule has 0 aromatic carbocycles. The second kappa shape index (κ2) is 4.15. The van der Waals surface area contributed by atoms with Crippen LogP contribution < -0.4 is 5.32 Å². The first-order valence-corrected chi connectivity index (χ1v) is 6.89. The smallest absolute Gasteiger partial charge is 0.154 e. The molecule has 6 nitrogen and oxygen atoms in total. The molecular formula is C9H15N3O3S. The molecule has 0 saturated carbocycles. The zero-order valence-corrected chi connectivity index (χ0v) is 9.81. The van der Waals surface area contributed by atoms with Gasteiger partial charge in [0.15, 0.2) is 9.84 Å². The van der Waals surface area contributed by atoms with Crippen LogP contribution in [0.2, 0.25) is 0 Å². The van der Waals surface area contributed by atoms with E-state index in [9.17, 15) is 13.5 Å². The van der Waals surface area contributed by atoms with Crippen LogP contribution in [0.5, 0.6) is 0 Å². The summed E-state index contributed by atoms with van der Waals surface area (Å²) in [6.45, 7) is 0.470. The molecule has 90 valence electrons. The highest BCUT2D eigenvalue weighted by Gasteiger charge is 2.35. The van der Waals surface area contributed by atoms with Crippen LogP contribution in [-0.2, 0) is 23.4 Å². The molecule has 2 atom stereocenters. The standard InChI is InChI=1S/C9H15N3O3S/c1-12-3-2-7(11-12)4-10-8-5-16(14,15)6-9(8)13/h2-3,8-10,13H,4-6H2,1H3. The van der Waals surface area contributed by atoms with Crippen LogP contribution in [0.1, 0.15) is 5.69 Å². The Morgan fingerprint density at radius 2 is 2.38 bits per heavy atom. The number of hydrogen-bond acceptors (Lipinski definition) is 5. The first kappa shape index (κ1) is 11.6. The molecule has 0 bridgehead atoms. The summed E-state index contributed by atoms with van der Waals surface area (Å²) in [6, 6.07) is 1.47. The van der Waals surface area contributed by atoms with Gasteiger partial charge in [-0.15, -0.1) is 0 Å². The number of aliphatic hydroxyl groups excluding tert-OH is 1. The Morgan fingerprint density at radius 1 is 1.62 bits per heavy atom. The Bertz CT molecular complexity index is 468. The fourth-order valence-corrected chi connectivity index (χ4v) is 3.59. The number of aliphatic hydroxyl groups is 1. The minimum atomic E-state index is -3.08. The van der Waals surface area contributed by atoms with Crippen molar-refractivity contribution >= 4 is 9.84 Å². The van der Waals surface area contributed by atoms with Crippen LogP contribution in [0.4, 0.5) is 0 Å². The van der Waals surface area contributed by atoms with Gasteiger partial charge in [0.2, 0.25) is 0 Å². The number of hydrogen-bond donors (Lipinski definition) is 2. The Labute approximate surface area is 94.2 Å². The number of aromatic nitrogens is 2. The van der Waals surface area contributed by atoms with Crippen LogP contribution in [0.3, 0.4) is 0 Å². The van der Waals surface area contributed by atoms with Crippen molar-refractivity contribution in [1.82, 2.24) is 15.1 Å². The molecule has 7 heteroatoms. The van der Waals surface area contributed by atoms with Crippen molar-refractivity contribution in [3.8, 4) is 0 Å². The van der Waals surface area contributed by atoms with E-state index >= 15 is 0 Å². The molecule has 0 spiro atoms. The molecule has 16 heavy (non-hydrogen) atoms. The zero-order valence-electron chi connectivity index (χ0n) is 9.00. The largest absolute Gasteiger partial charge is 0.390 e. The lowest BCUT2D eigenvalue weighted by Gasteiger charge is -2.13. The van der Waals surface area contributed by atoms with Crippen LogP contribution in [0, 0.1) is 0 Å². The van der Waals surface area contributed by atoms with Crippen molar-refractivity contribution < 1.29 is 13.5 Å². The van der Waals surface area contributed by atoms with Crippen molar-refractivity contribution in [3.63, 3.8) is 0 Å². The van der Waals surface area contributed by atoms with Crippen molar-refractivity contribution in [2.75, 3.05) is 11.5 Å². The number of nitrogens with one attached hydrogen (secondary N) is 1. The van der Waals surface area contributed by atoms with Gasteiger partial charge in [-0.05, 0) is 6.07 Å². The summed E-state index contributed by atoms with van der Waals surface area (Å²) in [5, 5.41) is 16.7. The monoisotopic (exact) mass is 245 g/mol. The number of rotatable bonds is 3. The molecule has 0 amide bonds. The molecule has 2 rings (SSSR count). The van der Waals surface area contributed by atoms with Gasteiger partial charge in [0.1, 0.15) is 0 Å². The van der Waals surface area contributed by atoms with E-state index in [1.54, 1.807) is 4.68 Å². The fourth-order valence-electron chi connectivity index (χ4n) is 1.82. The van der Waals surface area contributed by atoms with Crippen LogP contribution in [0.25, 0.3) is 0 Å². The summed E-state index contributed by atoms with van der Waals surface area (Å²) in [4.78, 5) is 0. The summed E-state index contributed by atoms with van der Waals surface area (Å²) in [5.74, 6) is -0.145. The molecule has 2 unspecified atom stereocenters. The topological polar surface area (TPSA) is 84.2 Å². The van der Waals surface area contributed by atoms with E-state index in [0.29, 0.717) is 6.54 Å². The SMILES string of the molecule is Cn1ccc(CNC2CS(=O)(=O)CC2O)n1. The van der Waals surface area contributed by atoms with Crippen molar-refractivity contribution in [2.45, 2.75) is 18.7 Å². The minimum absolute atomic E-state index is 0.000992. The third kappa shape index (κ3) is 2.60. The van der Waals surface area contributed by atoms with E-state index in [4.69, 9.17) is 0 Å². The Hall–Kier alpha value is -0.920. The number of aryl methyl sites for hydroxylation is 1. The molecule has 1 aromatic rings. The Balaban J connectivity index is 1.92. The summed E-state index contributed by atoms with van der Waals surface area (Å²) < 4.78 is 24.2. The summed E-state index contributed by atoms with van der Waals surface area (Å²) in [6.07, 6.45) is 1.01. The van der Waals surface area contributed by atoms with Gasteiger partial charge in [0.05, 0.1) is 23.3 Å². The molecule has 1 saturated heterocycles. The van der Waals surface area contributed by atoms with Crippen molar-refractivity contribution in [3.05, 3.63) is 18.0 Å². The van der Waals surface area contributed by atoms with Crippen molar-refractivity contribution in [1.29, 1.82) is 0 Å². The van der Waals surface area contributed by atoms with E-state index in [0.717, 1.165) is 5.69 Å². The van der Waals surface area contributed by atoms with Crippen LogP contribution >= 0.6 is 0 Å². The highest BCUT2D eigenvalue weighted by atomic mass is 32.2. The first-order chi connectivity index (χ1) is 7.46. The highest BCUT2D eigenvalue weighted by Crippen LogP contribution is 2.12. The molecule has 0 radical (unpaired) electrons. The third-order valence-electron chi connectivity index (χ3n) is 2.64. The number of nitrogens with zero attached hydrogens (tertiary/aromatic N) is 2. The van der Waals surface area contributed by atoms with E-state index in [1.165, 1.54) is 0 Å². The predicted molar refractivity (Wildman–Crippen MR) is 58.5 cm³/mol. The molecule has 1 aromatic heterocycles. The maximum Gasteiger partial charge on any atom is 0.154 e. The van der Waals surface area contributed by atoms with Crippen LogP contribution in [-0.4, -0.2) is 47.0 Å². The van der Waals surface area contributed by atoms with E-state index in [-0.39, 0.29) is 17.5 Å². The lowest BCUT2D eigenvalue weighted by atomic mass is 10.2. The maximum absolute atomic E-state index is 11.2. The highest BCUT2D eigenvalue weighted by molar-refractivity contribution is 7.91. The zero-order chi connectivity index (χ0) is 11.8. The average molecular weight is 245 g/mol. The molecule has 1 aliphatic heterocycles. The normalized spacial score (nSPS) is 28.4. The second-order valence-electron chi connectivity index (χ2n) is 4.11. The molecule has 2 N–H and O–H groups in total. The lowest BCUT2D eigenvalue weighted by molar-refractivity contribution is 0.165. The van der Waals surface area contributed by atoms with Gasteiger partial charge in [-0.1, -0.05) is 0 Å². The van der Waals surface area contributed by atoms with Gasteiger partial charge in [-0.25, -0.2) is 8.42 Å². The average Bonchev–Trinajstić information content (AvgIpc) is 2.67. The van der Waals surface area contributed by atoms with E-state index < -0.39 is 15.9 Å². The Kier molecular flexibility index (Phi) is 3.00. The van der Waals surface area contributed by atoms with Gasteiger partial charge in [0.25, 0.3) is 0 Å². The van der Waals surface area contributed by atoms with Gasteiger partial charge in [-0.2, -0.15) is 5.10 Å². The molecule has 0 aliphatic carbocycles. The predicted octanol–water partition coefficient (Wildman–Crippen LogP) is -1.33. The lowest BCUT2D eigenvalue weighted by Crippen LogP contribution is -2.38.